The van der Waals surface area contributed by atoms with Crippen molar-refractivity contribution in [2.24, 2.45) is 0 Å². The number of carboxylic acids is 1. The van der Waals surface area contributed by atoms with E-state index in [0.717, 1.165) is 17.3 Å². The largest absolute Gasteiger partial charge is 0.490 e. The Balaban J connectivity index is 2.22. The molecule has 0 atom stereocenters. The molecule has 0 aromatic heterocycles. The molecule has 0 heterocycles. The van der Waals surface area contributed by atoms with E-state index in [2.05, 4.69) is 15.9 Å². The number of rotatable bonds is 7. The topological polar surface area (TPSA) is 46.5 Å². The van der Waals surface area contributed by atoms with Gasteiger partial charge in [-0.05, 0) is 37.5 Å². The lowest BCUT2D eigenvalue weighted by atomic mass is 10.2. The first-order chi connectivity index (χ1) is 8.09. The Morgan fingerprint density at radius 3 is 2.82 bits per heavy atom. The van der Waals surface area contributed by atoms with Crippen LogP contribution >= 0.6 is 15.9 Å². The highest BCUT2D eigenvalue weighted by atomic mass is 79.9. The summed E-state index contributed by atoms with van der Waals surface area (Å²) in [5.41, 5.74) is 0. The molecule has 0 radical (unpaired) electrons. The van der Waals surface area contributed by atoms with Crippen LogP contribution in [0.15, 0.2) is 22.7 Å². The molecule has 0 aliphatic rings. The minimum absolute atomic E-state index is 0.172. The van der Waals surface area contributed by atoms with Crippen LogP contribution in [0.3, 0.4) is 0 Å². The van der Waals surface area contributed by atoms with Gasteiger partial charge in [0.1, 0.15) is 0 Å². The molecule has 0 saturated carbocycles. The Hall–Kier alpha value is -1.10. The van der Waals surface area contributed by atoms with E-state index in [1.165, 1.54) is 6.07 Å². The number of unbranched alkanes of at least 4 members (excludes halogenated alkanes) is 2. The number of ether oxygens (including phenoxy) is 1. The van der Waals surface area contributed by atoms with Crippen LogP contribution < -0.4 is 4.74 Å². The molecule has 0 spiro atoms. The van der Waals surface area contributed by atoms with Gasteiger partial charge >= 0.3 is 5.97 Å². The lowest BCUT2D eigenvalue weighted by Crippen LogP contribution is -2.00. The first-order valence-electron chi connectivity index (χ1n) is 5.39. The van der Waals surface area contributed by atoms with E-state index < -0.39 is 11.8 Å². The van der Waals surface area contributed by atoms with Crippen LogP contribution in [0.25, 0.3) is 0 Å². The quantitative estimate of drug-likeness (QED) is 0.783. The Kier molecular flexibility index (Phi) is 5.97. The van der Waals surface area contributed by atoms with E-state index in [1.54, 1.807) is 12.1 Å². The fourth-order valence-electron chi connectivity index (χ4n) is 1.32. The maximum Gasteiger partial charge on any atom is 0.303 e. The van der Waals surface area contributed by atoms with Crippen LogP contribution in [0.5, 0.6) is 5.75 Å². The SMILES string of the molecule is O=C(O)CCCCCOc1cc(Br)ccc1F. The zero-order chi connectivity index (χ0) is 12.7. The van der Waals surface area contributed by atoms with Gasteiger partial charge in [-0.25, -0.2) is 4.39 Å². The highest BCUT2D eigenvalue weighted by Gasteiger charge is 2.03. The molecule has 1 aromatic carbocycles. The van der Waals surface area contributed by atoms with E-state index in [0.29, 0.717) is 13.0 Å². The van der Waals surface area contributed by atoms with E-state index in [4.69, 9.17) is 9.84 Å². The Morgan fingerprint density at radius 1 is 1.35 bits per heavy atom. The third kappa shape index (κ3) is 5.68. The molecule has 0 amide bonds. The number of aliphatic carboxylic acids is 1. The Bertz CT molecular complexity index is 382. The molecule has 0 fully saturated rings. The predicted octanol–water partition coefficient (Wildman–Crippen LogP) is 3.61. The number of carbonyl (C=O) groups is 1. The van der Waals surface area contributed by atoms with Crippen molar-refractivity contribution in [3.05, 3.63) is 28.5 Å². The monoisotopic (exact) mass is 304 g/mol. The van der Waals surface area contributed by atoms with E-state index in [-0.39, 0.29) is 12.2 Å². The molecule has 94 valence electrons. The summed E-state index contributed by atoms with van der Waals surface area (Å²) < 4.78 is 19.3. The Morgan fingerprint density at radius 2 is 2.12 bits per heavy atom. The second-order valence-corrected chi connectivity index (χ2v) is 4.54. The molecule has 1 aromatic rings. The van der Waals surface area contributed by atoms with Crippen molar-refractivity contribution < 1.29 is 19.0 Å². The predicted molar refractivity (Wildman–Crippen MR) is 65.7 cm³/mol. The molecule has 0 bridgehead atoms. The molecule has 5 heteroatoms. The smallest absolute Gasteiger partial charge is 0.303 e. The molecule has 3 nitrogen and oxygen atoms in total. The fourth-order valence-corrected chi connectivity index (χ4v) is 1.67. The zero-order valence-electron chi connectivity index (χ0n) is 9.29. The number of benzene rings is 1. The summed E-state index contributed by atoms with van der Waals surface area (Å²) in [5, 5.41) is 8.43. The lowest BCUT2D eigenvalue weighted by molar-refractivity contribution is -0.137. The summed E-state index contributed by atoms with van der Waals surface area (Å²) in [4.78, 5) is 10.2. The number of hydrogen-bond acceptors (Lipinski definition) is 2. The van der Waals surface area contributed by atoms with E-state index in [9.17, 15) is 9.18 Å². The van der Waals surface area contributed by atoms with Gasteiger partial charge in [0.25, 0.3) is 0 Å². The number of carboxylic acid groups (broad SMARTS) is 1. The third-order valence-electron chi connectivity index (χ3n) is 2.19. The van der Waals surface area contributed by atoms with Crippen LogP contribution in [0.2, 0.25) is 0 Å². The first kappa shape index (κ1) is 14.0. The summed E-state index contributed by atoms with van der Waals surface area (Å²) in [7, 11) is 0. The average Bonchev–Trinajstić information content (AvgIpc) is 2.27. The van der Waals surface area contributed by atoms with Gasteiger partial charge in [-0.1, -0.05) is 15.9 Å². The number of hydrogen-bond donors (Lipinski definition) is 1. The van der Waals surface area contributed by atoms with Crippen LogP contribution in [-0.4, -0.2) is 17.7 Å². The van der Waals surface area contributed by atoms with Gasteiger partial charge < -0.3 is 9.84 Å². The van der Waals surface area contributed by atoms with Gasteiger partial charge in [0.2, 0.25) is 0 Å². The van der Waals surface area contributed by atoms with Crippen LogP contribution in [0.4, 0.5) is 4.39 Å². The van der Waals surface area contributed by atoms with E-state index >= 15 is 0 Å². The summed E-state index contributed by atoms with van der Waals surface area (Å²) in [6.07, 6.45) is 2.28. The van der Waals surface area contributed by atoms with Crippen LogP contribution in [-0.2, 0) is 4.79 Å². The molecule has 0 aliphatic heterocycles. The highest BCUT2D eigenvalue weighted by Crippen LogP contribution is 2.22. The normalized spacial score (nSPS) is 10.2. The van der Waals surface area contributed by atoms with Gasteiger partial charge in [0, 0.05) is 10.9 Å². The molecule has 17 heavy (non-hydrogen) atoms. The van der Waals surface area contributed by atoms with Crippen LogP contribution in [0, 0.1) is 5.82 Å². The van der Waals surface area contributed by atoms with Crippen molar-refractivity contribution >= 4 is 21.9 Å². The van der Waals surface area contributed by atoms with Crippen molar-refractivity contribution in [1.82, 2.24) is 0 Å². The summed E-state index contributed by atoms with van der Waals surface area (Å²) in [6, 6.07) is 4.52. The van der Waals surface area contributed by atoms with Crippen molar-refractivity contribution in [2.45, 2.75) is 25.7 Å². The molecular formula is C12H14BrFO3. The summed E-state index contributed by atoms with van der Waals surface area (Å²) >= 11 is 3.23. The van der Waals surface area contributed by atoms with Crippen molar-refractivity contribution in [1.29, 1.82) is 0 Å². The summed E-state index contributed by atoms with van der Waals surface area (Å²) in [6.45, 7) is 0.396. The molecule has 0 saturated heterocycles. The van der Waals surface area contributed by atoms with Gasteiger partial charge in [-0.15, -0.1) is 0 Å². The van der Waals surface area contributed by atoms with Crippen molar-refractivity contribution in [3.8, 4) is 5.75 Å². The standard InChI is InChI=1S/C12H14BrFO3/c13-9-5-6-10(14)11(8-9)17-7-3-1-2-4-12(15)16/h5-6,8H,1-4,7H2,(H,15,16). The number of halogens is 2. The highest BCUT2D eigenvalue weighted by molar-refractivity contribution is 9.10. The van der Waals surface area contributed by atoms with Crippen LogP contribution in [0.1, 0.15) is 25.7 Å². The van der Waals surface area contributed by atoms with E-state index in [1.807, 2.05) is 0 Å². The molecule has 0 unspecified atom stereocenters. The third-order valence-corrected chi connectivity index (χ3v) is 2.68. The average molecular weight is 305 g/mol. The molecule has 1 rings (SSSR count). The van der Waals surface area contributed by atoms with Crippen molar-refractivity contribution in [3.63, 3.8) is 0 Å². The second kappa shape index (κ2) is 7.27. The Labute approximate surface area is 108 Å². The second-order valence-electron chi connectivity index (χ2n) is 3.63. The summed E-state index contributed by atoms with van der Waals surface area (Å²) in [5.74, 6) is -0.958. The minimum Gasteiger partial charge on any atom is -0.490 e. The van der Waals surface area contributed by atoms with Gasteiger partial charge in [-0.2, -0.15) is 0 Å². The van der Waals surface area contributed by atoms with Gasteiger partial charge in [-0.3, -0.25) is 4.79 Å². The molecular weight excluding hydrogens is 291 g/mol. The van der Waals surface area contributed by atoms with Gasteiger partial charge in [0.15, 0.2) is 11.6 Å². The first-order valence-corrected chi connectivity index (χ1v) is 6.18. The maximum absolute atomic E-state index is 13.2. The lowest BCUT2D eigenvalue weighted by Gasteiger charge is -2.07. The minimum atomic E-state index is -0.788. The van der Waals surface area contributed by atoms with Gasteiger partial charge in [0.05, 0.1) is 6.61 Å². The van der Waals surface area contributed by atoms with Crippen molar-refractivity contribution in [2.75, 3.05) is 6.61 Å². The molecule has 0 aliphatic carbocycles. The zero-order valence-corrected chi connectivity index (χ0v) is 10.9. The molecule has 1 N–H and O–H groups in total. The maximum atomic E-state index is 13.2. The fraction of sp³-hybridized carbons (Fsp3) is 0.417.